The third kappa shape index (κ3) is 2.62. The maximum atomic E-state index is 13.3. The van der Waals surface area contributed by atoms with Gasteiger partial charge < -0.3 is 4.74 Å². The Hall–Kier alpha value is -1.71. The van der Waals surface area contributed by atoms with Crippen molar-refractivity contribution in [1.82, 2.24) is 0 Å². The first-order valence-electron chi connectivity index (χ1n) is 4.41. The van der Waals surface area contributed by atoms with Crippen LogP contribution in [0.3, 0.4) is 0 Å². The van der Waals surface area contributed by atoms with Crippen LogP contribution in [0.1, 0.15) is 22.8 Å². The van der Waals surface area contributed by atoms with Gasteiger partial charge in [0.1, 0.15) is 5.82 Å². The van der Waals surface area contributed by atoms with Gasteiger partial charge in [0.15, 0.2) is 5.78 Å². The monoisotopic (exact) mass is 210 g/mol. The largest absolute Gasteiger partial charge is 0.469 e. The highest BCUT2D eigenvalue weighted by atomic mass is 19.1. The van der Waals surface area contributed by atoms with Gasteiger partial charge in [-0.3, -0.25) is 9.59 Å². The number of carbonyl (C=O) groups is 2. The molecule has 80 valence electrons. The van der Waals surface area contributed by atoms with E-state index in [2.05, 4.69) is 4.74 Å². The minimum atomic E-state index is -0.567. The maximum absolute atomic E-state index is 13.3. The number of halogens is 1. The van der Waals surface area contributed by atoms with Crippen LogP contribution in [0.4, 0.5) is 4.39 Å². The van der Waals surface area contributed by atoms with Gasteiger partial charge in [0.05, 0.1) is 13.5 Å². The molecule has 0 unspecified atom stereocenters. The van der Waals surface area contributed by atoms with Crippen molar-refractivity contribution in [3.05, 3.63) is 35.1 Å². The minimum absolute atomic E-state index is 0.0943. The molecular formula is C11H11FO3. The fourth-order valence-corrected chi connectivity index (χ4v) is 1.28. The van der Waals surface area contributed by atoms with Gasteiger partial charge >= 0.3 is 5.97 Å². The van der Waals surface area contributed by atoms with Gasteiger partial charge in [0.2, 0.25) is 0 Å². The number of benzene rings is 1. The second kappa shape index (κ2) is 4.68. The summed E-state index contributed by atoms with van der Waals surface area (Å²) in [5, 5.41) is 0. The van der Waals surface area contributed by atoms with Crippen LogP contribution >= 0.6 is 0 Å². The molecule has 3 nitrogen and oxygen atoms in total. The second-order valence-electron chi connectivity index (χ2n) is 3.08. The summed E-state index contributed by atoms with van der Waals surface area (Å²) in [5.41, 5.74) is 0.317. The Labute approximate surface area is 86.9 Å². The maximum Gasteiger partial charge on any atom is 0.310 e. The Morgan fingerprint density at radius 1 is 1.40 bits per heavy atom. The number of ether oxygens (including phenoxy) is 1. The lowest BCUT2D eigenvalue weighted by atomic mass is 10.0. The minimum Gasteiger partial charge on any atom is -0.469 e. The zero-order valence-corrected chi connectivity index (χ0v) is 8.54. The zero-order valence-electron chi connectivity index (χ0n) is 8.54. The Morgan fingerprint density at radius 3 is 2.60 bits per heavy atom. The standard InChI is InChI=1S/C11H11FO3/c1-7(13)8-4-3-5-10(12)9(8)6-11(14)15-2/h3-5H,6H2,1-2H3. The summed E-state index contributed by atoms with van der Waals surface area (Å²) < 4.78 is 17.8. The van der Waals surface area contributed by atoms with E-state index in [1.807, 2.05) is 0 Å². The van der Waals surface area contributed by atoms with Gasteiger partial charge in [-0.25, -0.2) is 4.39 Å². The van der Waals surface area contributed by atoms with Crippen molar-refractivity contribution in [3.8, 4) is 0 Å². The molecule has 0 atom stereocenters. The van der Waals surface area contributed by atoms with Crippen LogP contribution < -0.4 is 0 Å². The number of Topliss-reactive ketones (excluding diaryl/α,β-unsaturated/α-hetero) is 1. The zero-order chi connectivity index (χ0) is 11.4. The molecule has 0 N–H and O–H groups in total. The van der Waals surface area contributed by atoms with E-state index in [1.54, 1.807) is 0 Å². The first kappa shape index (κ1) is 11.4. The number of rotatable bonds is 3. The molecule has 0 saturated heterocycles. The van der Waals surface area contributed by atoms with Crippen LogP contribution in [-0.4, -0.2) is 18.9 Å². The fraction of sp³-hybridized carbons (Fsp3) is 0.273. The molecule has 0 saturated carbocycles. The fourth-order valence-electron chi connectivity index (χ4n) is 1.28. The number of methoxy groups -OCH3 is 1. The number of esters is 1. The molecule has 4 heteroatoms. The number of carbonyl (C=O) groups excluding carboxylic acids is 2. The average Bonchev–Trinajstić information content (AvgIpc) is 2.20. The van der Waals surface area contributed by atoms with Crippen LogP contribution in [0.2, 0.25) is 0 Å². The first-order chi connectivity index (χ1) is 7.06. The highest BCUT2D eigenvalue weighted by molar-refractivity contribution is 5.96. The molecule has 1 aromatic rings. The quantitative estimate of drug-likeness (QED) is 0.563. The van der Waals surface area contributed by atoms with Crippen LogP contribution in [0, 0.1) is 5.82 Å². The third-order valence-electron chi connectivity index (χ3n) is 2.05. The molecule has 0 spiro atoms. The summed E-state index contributed by atoms with van der Waals surface area (Å²) in [6, 6.07) is 4.14. The Kier molecular flexibility index (Phi) is 3.55. The topological polar surface area (TPSA) is 43.4 Å². The van der Waals surface area contributed by atoms with Gasteiger partial charge in [-0.2, -0.15) is 0 Å². The van der Waals surface area contributed by atoms with E-state index in [-0.39, 0.29) is 23.3 Å². The van der Waals surface area contributed by atoms with E-state index in [9.17, 15) is 14.0 Å². The van der Waals surface area contributed by atoms with Gasteiger partial charge in [-0.1, -0.05) is 12.1 Å². The SMILES string of the molecule is COC(=O)Cc1c(F)cccc1C(C)=O. The summed E-state index contributed by atoms with van der Waals surface area (Å²) in [4.78, 5) is 22.2. The Balaban J connectivity index is 3.13. The van der Waals surface area contributed by atoms with Crippen LogP contribution in [0.25, 0.3) is 0 Å². The molecule has 0 aliphatic carbocycles. The first-order valence-corrected chi connectivity index (χ1v) is 4.41. The number of ketones is 1. The summed E-state index contributed by atoms with van der Waals surface area (Å²) >= 11 is 0. The Morgan fingerprint density at radius 2 is 2.07 bits per heavy atom. The summed E-state index contributed by atoms with van der Waals surface area (Å²) in [5.74, 6) is -1.40. The molecule has 0 amide bonds. The number of hydrogen-bond donors (Lipinski definition) is 0. The molecule has 1 aromatic carbocycles. The molecule has 0 bridgehead atoms. The normalized spacial score (nSPS) is 9.80. The van der Waals surface area contributed by atoms with E-state index in [1.165, 1.54) is 32.2 Å². The molecular weight excluding hydrogens is 199 g/mol. The van der Waals surface area contributed by atoms with Crippen molar-refractivity contribution in [2.75, 3.05) is 7.11 Å². The van der Waals surface area contributed by atoms with Gasteiger partial charge in [0.25, 0.3) is 0 Å². The lowest BCUT2D eigenvalue weighted by molar-refractivity contribution is -0.139. The molecule has 1 rings (SSSR count). The van der Waals surface area contributed by atoms with Crippen molar-refractivity contribution >= 4 is 11.8 Å². The van der Waals surface area contributed by atoms with Crippen molar-refractivity contribution in [2.45, 2.75) is 13.3 Å². The van der Waals surface area contributed by atoms with Crippen molar-refractivity contribution in [3.63, 3.8) is 0 Å². The summed E-state index contributed by atoms with van der Waals surface area (Å²) in [6.45, 7) is 1.33. The van der Waals surface area contributed by atoms with E-state index in [4.69, 9.17) is 0 Å². The predicted octanol–water partition coefficient (Wildman–Crippen LogP) is 1.74. The lowest BCUT2D eigenvalue weighted by Gasteiger charge is -2.06. The van der Waals surface area contributed by atoms with E-state index < -0.39 is 11.8 Å². The van der Waals surface area contributed by atoms with Crippen molar-refractivity contribution in [1.29, 1.82) is 0 Å². The second-order valence-corrected chi connectivity index (χ2v) is 3.08. The summed E-state index contributed by atoms with van der Waals surface area (Å²) in [7, 11) is 1.22. The lowest BCUT2D eigenvalue weighted by Crippen LogP contribution is -2.10. The van der Waals surface area contributed by atoms with Gasteiger partial charge in [-0.05, 0) is 13.0 Å². The van der Waals surface area contributed by atoms with Gasteiger partial charge in [0, 0.05) is 11.1 Å². The van der Waals surface area contributed by atoms with Crippen LogP contribution in [-0.2, 0) is 16.0 Å². The Bertz CT molecular complexity index is 399. The van der Waals surface area contributed by atoms with Gasteiger partial charge in [-0.15, -0.1) is 0 Å². The molecule has 0 radical (unpaired) electrons. The van der Waals surface area contributed by atoms with E-state index in [0.717, 1.165) is 0 Å². The highest BCUT2D eigenvalue weighted by Gasteiger charge is 2.15. The smallest absolute Gasteiger partial charge is 0.310 e. The molecule has 15 heavy (non-hydrogen) atoms. The third-order valence-corrected chi connectivity index (χ3v) is 2.05. The molecule has 0 aromatic heterocycles. The average molecular weight is 210 g/mol. The van der Waals surface area contributed by atoms with Crippen LogP contribution in [0.15, 0.2) is 18.2 Å². The van der Waals surface area contributed by atoms with Crippen LogP contribution in [0.5, 0.6) is 0 Å². The highest BCUT2D eigenvalue weighted by Crippen LogP contribution is 2.15. The van der Waals surface area contributed by atoms with E-state index in [0.29, 0.717) is 0 Å². The molecule has 0 aliphatic heterocycles. The summed E-state index contributed by atoms with van der Waals surface area (Å²) in [6.07, 6.45) is -0.224. The van der Waals surface area contributed by atoms with Crippen molar-refractivity contribution < 1.29 is 18.7 Å². The van der Waals surface area contributed by atoms with Crippen molar-refractivity contribution in [2.24, 2.45) is 0 Å². The van der Waals surface area contributed by atoms with E-state index >= 15 is 0 Å². The predicted molar refractivity (Wildman–Crippen MR) is 52.1 cm³/mol. The number of hydrogen-bond acceptors (Lipinski definition) is 3. The molecule has 0 heterocycles. The molecule has 0 aliphatic rings. The molecule has 0 fully saturated rings.